The van der Waals surface area contributed by atoms with Crippen molar-refractivity contribution in [3.8, 4) is 17.4 Å². The fourth-order valence-electron chi connectivity index (χ4n) is 1.71. The van der Waals surface area contributed by atoms with Crippen LogP contribution in [-0.2, 0) is 0 Å². The molecule has 0 aliphatic rings. The first-order valence-electron chi connectivity index (χ1n) is 6.15. The molecule has 3 rings (SSSR count). The van der Waals surface area contributed by atoms with Gasteiger partial charge in [-0.05, 0) is 24.3 Å². The minimum Gasteiger partial charge on any atom is -0.478 e. The molecule has 1 heterocycles. The molecule has 1 aromatic heterocycles. The van der Waals surface area contributed by atoms with Crippen molar-refractivity contribution in [1.29, 1.82) is 0 Å². The van der Waals surface area contributed by atoms with Crippen LogP contribution >= 0.6 is 11.6 Å². The molecule has 3 aromatic rings. The SMILES string of the molecule is Oc1oc(-c2ccccc2)nc1N=Nc1ccccc1Cl. The Bertz CT molecular complexity index is 785. The number of azo groups is 1. The van der Waals surface area contributed by atoms with Crippen molar-refractivity contribution in [2.24, 2.45) is 10.2 Å². The topological polar surface area (TPSA) is 71.0 Å². The second kappa shape index (κ2) is 5.76. The molecule has 21 heavy (non-hydrogen) atoms. The summed E-state index contributed by atoms with van der Waals surface area (Å²) in [6.07, 6.45) is 0. The van der Waals surface area contributed by atoms with Gasteiger partial charge < -0.3 is 9.52 Å². The number of nitrogens with zero attached hydrogens (tertiary/aromatic N) is 3. The molecule has 0 spiro atoms. The molecule has 104 valence electrons. The van der Waals surface area contributed by atoms with Gasteiger partial charge in [0.25, 0.3) is 5.82 Å². The molecule has 0 aliphatic heterocycles. The summed E-state index contributed by atoms with van der Waals surface area (Å²) in [5.41, 5.74) is 1.23. The summed E-state index contributed by atoms with van der Waals surface area (Å²) in [7, 11) is 0. The van der Waals surface area contributed by atoms with Crippen molar-refractivity contribution in [1.82, 2.24) is 4.98 Å². The maximum Gasteiger partial charge on any atom is 0.332 e. The molecule has 0 saturated heterocycles. The second-order valence-corrected chi connectivity index (χ2v) is 4.57. The van der Waals surface area contributed by atoms with Crippen molar-refractivity contribution in [2.75, 3.05) is 0 Å². The lowest BCUT2D eigenvalue weighted by Gasteiger charge is -1.93. The minimum atomic E-state index is -0.385. The third-order valence-corrected chi connectivity index (χ3v) is 3.04. The van der Waals surface area contributed by atoms with E-state index in [-0.39, 0.29) is 17.7 Å². The molecule has 0 amide bonds. The molecule has 5 nitrogen and oxygen atoms in total. The van der Waals surface area contributed by atoms with Crippen LogP contribution < -0.4 is 0 Å². The Morgan fingerprint density at radius 1 is 0.952 bits per heavy atom. The highest BCUT2D eigenvalue weighted by Gasteiger charge is 2.13. The average Bonchev–Trinajstić information content (AvgIpc) is 2.89. The van der Waals surface area contributed by atoms with Crippen LogP contribution in [0.4, 0.5) is 11.5 Å². The molecule has 1 N–H and O–H groups in total. The summed E-state index contributed by atoms with van der Waals surface area (Å²) < 4.78 is 5.18. The van der Waals surface area contributed by atoms with Crippen LogP contribution in [0.2, 0.25) is 5.02 Å². The molecule has 0 atom stereocenters. The van der Waals surface area contributed by atoms with E-state index in [1.165, 1.54) is 0 Å². The van der Waals surface area contributed by atoms with Gasteiger partial charge in [-0.1, -0.05) is 41.9 Å². The van der Waals surface area contributed by atoms with E-state index in [1.54, 1.807) is 24.3 Å². The van der Waals surface area contributed by atoms with Gasteiger partial charge in [0.15, 0.2) is 0 Å². The van der Waals surface area contributed by atoms with Crippen LogP contribution in [-0.4, -0.2) is 10.1 Å². The lowest BCUT2D eigenvalue weighted by atomic mass is 10.2. The lowest BCUT2D eigenvalue weighted by Crippen LogP contribution is -1.74. The van der Waals surface area contributed by atoms with Gasteiger partial charge in [-0.2, -0.15) is 4.98 Å². The molecule has 0 unspecified atom stereocenters. The smallest absolute Gasteiger partial charge is 0.332 e. The Morgan fingerprint density at radius 3 is 2.43 bits per heavy atom. The standard InChI is InChI=1S/C15H10ClN3O2/c16-11-8-4-5-9-12(11)18-19-13-15(20)21-14(17-13)10-6-2-1-3-7-10/h1-9,20H. The van der Waals surface area contributed by atoms with Gasteiger partial charge in [0.05, 0.1) is 5.02 Å². The van der Waals surface area contributed by atoms with Crippen molar-refractivity contribution < 1.29 is 9.52 Å². The fourth-order valence-corrected chi connectivity index (χ4v) is 1.88. The molecular formula is C15H10ClN3O2. The third kappa shape index (κ3) is 2.93. The molecule has 0 radical (unpaired) electrons. The molecule has 6 heteroatoms. The Morgan fingerprint density at radius 2 is 1.67 bits per heavy atom. The van der Waals surface area contributed by atoms with Gasteiger partial charge in [0.1, 0.15) is 5.69 Å². The highest BCUT2D eigenvalue weighted by atomic mass is 35.5. The first-order valence-corrected chi connectivity index (χ1v) is 6.53. The van der Waals surface area contributed by atoms with Gasteiger partial charge in [0.2, 0.25) is 5.89 Å². The van der Waals surface area contributed by atoms with E-state index in [0.29, 0.717) is 10.7 Å². The van der Waals surface area contributed by atoms with Gasteiger partial charge in [-0.3, -0.25) is 0 Å². The maximum atomic E-state index is 9.72. The van der Waals surface area contributed by atoms with Gasteiger partial charge >= 0.3 is 5.95 Å². The number of hydrogen-bond donors (Lipinski definition) is 1. The number of aromatic hydroxyl groups is 1. The Labute approximate surface area is 125 Å². The van der Waals surface area contributed by atoms with Crippen LogP contribution in [0, 0.1) is 0 Å². The predicted molar refractivity (Wildman–Crippen MR) is 79.2 cm³/mol. The normalized spacial score (nSPS) is 11.1. The highest BCUT2D eigenvalue weighted by molar-refractivity contribution is 6.32. The average molecular weight is 300 g/mol. The molecule has 0 aliphatic carbocycles. The Kier molecular flexibility index (Phi) is 3.66. The fraction of sp³-hybridized carbons (Fsp3) is 0. The number of aromatic nitrogens is 1. The summed E-state index contributed by atoms with van der Waals surface area (Å²) >= 11 is 5.97. The van der Waals surface area contributed by atoms with Gasteiger partial charge in [-0.15, -0.1) is 10.2 Å². The molecule has 0 fully saturated rings. The van der Waals surface area contributed by atoms with E-state index in [9.17, 15) is 5.11 Å². The first kappa shape index (κ1) is 13.3. The van der Waals surface area contributed by atoms with E-state index in [0.717, 1.165) is 5.56 Å². The third-order valence-electron chi connectivity index (χ3n) is 2.72. The highest BCUT2D eigenvalue weighted by Crippen LogP contribution is 2.33. The van der Waals surface area contributed by atoms with Gasteiger partial charge in [0, 0.05) is 5.56 Å². The quantitative estimate of drug-likeness (QED) is 0.683. The number of halogens is 1. The monoisotopic (exact) mass is 299 g/mol. The summed E-state index contributed by atoms with van der Waals surface area (Å²) in [6, 6.07) is 16.2. The Hall–Kier alpha value is -2.66. The predicted octanol–water partition coefficient (Wildman–Crippen LogP) is 5.12. The molecular weight excluding hydrogens is 290 g/mol. The van der Waals surface area contributed by atoms with E-state index in [1.807, 2.05) is 30.3 Å². The lowest BCUT2D eigenvalue weighted by molar-refractivity contribution is 0.338. The van der Waals surface area contributed by atoms with Crippen molar-refractivity contribution in [2.45, 2.75) is 0 Å². The number of hydrogen-bond acceptors (Lipinski definition) is 5. The van der Waals surface area contributed by atoms with E-state index >= 15 is 0 Å². The van der Waals surface area contributed by atoms with Crippen molar-refractivity contribution >= 4 is 23.1 Å². The Balaban J connectivity index is 1.91. The maximum absolute atomic E-state index is 9.72. The van der Waals surface area contributed by atoms with Crippen LogP contribution in [0.5, 0.6) is 5.95 Å². The van der Waals surface area contributed by atoms with Crippen LogP contribution in [0.15, 0.2) is 69.2 Å². The van der Waals surface area contributed by atoms with E-state index in [4.69, 9.17) is 16.0 Å². The molecule has 2 aromatic carbocycles. The summed E-state index contributed by atoms with van der Waals surface area (Å²) in [6.45, 7) is 0. The zero-order valence-corrected chi connectivity index (χ0v) is 11.5. The zero-order chi connectivity index (χ0) is 14.7. The largest absolute Gasteiger partial charge is 0.478 e. The summed E-state index contributed by atoms with van der Waals surface area (Å²) in [5, 5.41) is 18.0. The molecule has 0 bridgehead atoms. The summed E-state index contributed by atoms with van der Waals surface area (Å²) in [5.74, 6) is -0.0976. The van der Waals surface area contributed by atoms with Crippen LogP contribution in [0.3, 0.4) is 0 Å². The number of benzene rings is 2. The van der Waals surface area contributed by atoms with Crippen LogP contribution in [0.25, 0.3) is 11.5 Å². The van der Waals surface area contributed by atoms with E-state index in [2.05, 4.69) is 15.2 Å². The van der Waals surface area contributed by atoms with Crippen molar-refractivity contribution in [3.63, 3.8) is 0 Å². The van der Waals surface area contributed by atoms with Crippen LogP contribution in [0.1, 0.15) is 0 Å². The van der Waals surface area contributed by atoms with Crippen molar-refractivity contribution in [3.05, 3.63) is 59.6 Å². The molecule has 0 saturated carbocycles. The van der Waals surface area contributed by atoms with Gasteiger partial charge in [-0.25, -0.2) is 0 Å². The second-order valence-electron chi connectivity index (χ2n) is 4.17. The first-order chi connectivity index (χ1) is 10.2. The number of oxazole rings is 1. The number of rotatable bonds is 3. The summed E-state index contributed by atoms with van der Waals surface area (Å²) in [4.78, 5) is 4.10. The zero-order valence-electron chi connectivity index (χ0n) is 10.8. The minimum absolute atomic E-state index is 0.00812. The van der Waals surface area contributed by atoms with E-state index < -0.39 is 0 Å².